The number of ether oxygens (including phenoxy) is 3. The summed E-state index contributed by atoms with van der Waals surface area (Å²) in [6, 6.07) is 14.4. The first-order chi connectivity index (χ1) is 17.9. The molecule has 2 aromatic rings. The highest BCUT2D eigenvalue weighted by Gasteiger charge is 2.41. The molecule has 8 nitrogen and oxygen atoms in total. The second-order valence-electron chi connectivity index (χ2n) is 10.2. The van der Waals surface area contributed by atoms with Crippen molar-refractivity contribution in [2.24, 2.45) is 0 Å². The van der Waals surface area contributed by atoms with E-state index in [0.29, 0.717) is 22.4 Å². The fraction of sp³-hybridized carbons (Fsp3) is 0.367. The number of carbonyl (C=O) groups excluding carboxylic acids is 2. The van der Waals surface area contributed by atoms with Crippen molar-refractivity contribution in [1.29, 1.82) is 5.26 Å². The Bertz CT molecular complexity index is 1330. The zero-order valence-electron chi connectivity index (χ0n) is 22.7. The Labute approximate surface area is 223 Å². The first kappa shape index (κ1) is 28.3. The van der Waals surface area contributed by atoms with E-state index in [9.17, 15) is 20.0 Å². The number of allylic oxidation sites excluding steroid dienone is 2. The smallest absolute Gasteiger partial charge is 0.407 e. The van der Waals surface area contributed by atoms with Gasteiger partial charge in [0.2, 0.25) is 0 Å². The lowest BCUT2D eigenvalue weighted by Crippen LogP contribution is -2.35. The van der Waals surface area contributed by atoms with E-state index in [4.69, 9.17) is 14.2 Å². The van der Waals surface area contributed by atoms with Crippen molar-refractivity contribution >= 4 is 17.6 Å². The van der Waals surface area contributed by atoms with E-state index in [2.05, 4.69) is 11.4 Å². The molecule has 38 heavy (non-hydrogen) atoms. The Morgan fingerprint density at radius 1 is 1.16 bits per heavy atom. The van der Waals surface area contributed by atoms with Crippen molar-refractivity contribution in [3.8, 4) is 11.8 Å². The molecule has 2 N–H and O–H groups in total. The van der Waals surface area contributed by atoms with Crippen LogP contribution in [0.4, 0.5) is 4.79 Å². The van der Waals surface area contributed by atoms with Gasteiger partial charge < -0.3 is 24.6 Å². The van der Waals surface area contributed by atoms with Gasteiger partial charge in [0.05, 0.1) is 24.7 Å². The molecule has 0 aromatic heterocycles. The lowest BCUT2D eigenvalue weighted by Gasteiger charge is -2.29. The van der Waals surface area contributed by atoms with Crippen LogP contribution in [0.2, 0.25) is 0 Å². The normalized spacial score (nSPS) is 16.9. The molecule has 0 spiro atoms. The van der Waals surface area contributed by atoms with Crippen LogP contribution in [0.3, 0.4) is 0 Å². The summed E-state index contributed by atoms with van der Waals surface area (Å²) in [5, 5.41) is 23.5. The van der Waals surface area contributed by atoms with E-state index in [-0.39, 0.29) is 25.3 Å². The molecule has 0 bridgehead atoms. The number of hydrogen-bond donors (Lipinski definition) is 2. The molecule has 1 unspecified atom stereocenters. The number of amides is 1. The molecule has 200 valence electrons. The van der Waals surface area contributed by atoms with Crippen LogP contribution in [-0.4, -0.2) is 35.0 Å². The third-order valence-electron chi connectivity index (χ3n) is 6.04. The molecule has 1 amide bonds. The molecule has 1 aliphatic rings. The number of rotatable bonds is 8. The number of benzene rings is 2. The molecular weight excluding hydrogens is 484 g/mol. The second-order valence-corrected chi connectivity index (χ2v) is 10.2. The highest BCUT2D eigenvalue weighted by atomic mass is 16.6. The fourth-order valence-corrected chi connectivity index (χ4v) is 4.01. The minimum absolute atomic E-state index is 0.00306. The number of nitrogens with one attached hydrogen (secondary N) is 1. The zero-order chi connectivity index (χ0) is 28.1. The Hall–Kier alpha value is -4.25. The van der Waals surface area contributed by atoms with Gasteiger partial charge in [-0.2, -0.15) is 5.26 Å². The number of nitriles is 1. The Balaban J connectivity index is 1.88. The van der Waals surface area contributed by atoms with Crippen molar-refractivity contribution < 1.29 is 28.9 Å². The maximum Gasteiger partial charge on any atom is 0.407 e. The summed E-state index contributed by atoms with van der Waals surface area (Å²) in [6.07, 6.45) is 1.30. The molecule has 2 aromatic carbocycles. The predicted molar refractivity (Wildman–Crippen MR) is 143 cm³/mol. The van der Waals surface area contributed by atoms with Gasteiger partial charge in [-0.1, -0.05) is 24.3 Å². The van der Waals surface area contributed by atoms with Crippen LogP contribution in [-0.2, 0) is 27.2 Å². The molecular formula is C30H34N2O6. The van der Waals surface area contributed by atoms with E-state index in [0.717, 1.165) is 16.7 Å². The zero-order valence-corrected chi connectivity index (χ0v) is 22.7. The summed E-state index contributed by atoms with van der Waals surface area (Å²) in [5.41, 5.74) is 1.99. The third-order valence-corrected chi connectivity index (χ3v) is 6.04. The Kier molecular flexibility index (Phi) is 8.52. The number of aliphatic hydroxyl groups excluding tert-OH is 1. The molecule has 0 heterocycles. The standard InChI is InChI=1S/C30H34N2O6/c1-7-36-26(33)16-23-12-11-20(17-31)15-25(23)37-30(6)19(2)13-24(27(30)34)22-10-8-9-21(14-22)18-32-28(35)38-29(3,4)5/h8-15,34H,7,16,18H2,1-6H3,(H,32,35). The van der Waals surface area contributed by atoms with Gasteiger partial charge in [0, 0.05) is 17.7 Å². The third kappa shape index (κ3) is 6.74. The number of carbonyl (C=O) groups is 2. The van der Waals surface area contributed by atoms with Crippen molar-refractivity contribution in [3.63, 3.8) is 0 Å². The van der Waals surface area contributed by atoms with Crippen molar-refractivity contribution in [3.05, 3.63) is 82.1 Å². The van der Waals surface area contributed by atoms with E-state index in [1.807, 2.05) is 37.3 Å². The van der Waals surface area contributed by atoms with E-state index in [1.54, 1.807) is 52.8 Å². The number of hydrogen-bond acceptors (Lipinski definition) is 7. The number of esters is 1. The van der Waals surface area contributed by atoms with Gasteiger partial charge in [-0.05, 0) is 82.5 Å². The van der Waals surface area contributed by atoms with Gasteiger partial charge >= 0.3 is 12.1 Å². The molecule has 0 radical (unpaired) electrons. The van der Waals surface area contributed by atoms with E-state index in [1.165, 1.54) is 0 Å². The topological polar surface area (TPSA) is 118 Å². The summed E-state index contributed by atoms with van der Waals surface area (Å²) >= 11 is 0. The average molecular weight is 519 g/mol. The van der Waals surface area contributed by atoms with Gasteiger partial charge in [-0.3, -0.25) is 4.79 Å². The summed E-state index contributed by atoms with van der Waals surface area (Å²) in [7, 11) is 0. The fourth-order valence-electron chi connectivity index (χ4n) is 4.01. The van der Waals surface area contributed by atoms with E-state index >= 15 is 0 Å². The van der Waals surface area contributed by atoms with Gasteiger partial charge in [0.15, 0.2) is 5.60 Å². The van der Waals surface area contributed by atoms with Crippen LogP contribution in [0.5, 0.6) is 5.75 Å². The van der Waals surface area contributed by atoms with Crippen molar-refractivity contribution in [2.45, 2.75) is 65.7 Å². The molecule has 0 saturated heterocycles. The van der Waals surface area contributed by atoms with Gasteiger partial charge in [0.25, 0.3) is 0 Å². The summed E-state index contributed by atoms with van der Waals surface area (Å²) in [4.78, 5) is 24.2. The Morgan fingerprint density at radius 3 is 2.55 bits per heavy atom. The second kappa shape index (κ2) is 11.4. The summed E-state index contributed by atoms with van der Waals surface area (Å²) in [5.74, 6) is -0.102. The maximum atomic E-state index is 12.2. The number of aliphatic hydroxyl groups is 1. The van der Waals surface area contributed by atoms with Gasteiger partial charge in [-0.25, -0.2) is 4.79 Å². The van der Waals surface area contributed by atoms with Crippen molar-refractivity contribution in [1.82, 2.24) is 5.32 Å². The first-order valence-electron chi connectivity index (χ1n) is 12.4. The highest BCUT2D eigenvalue weighted by molar-refractivity contribution is 5.82. The van der Waals surface area contributed by atoms with Crippen molar-refractivity contribution in [2.75, 3.05) is 6.61 Å². The lowest BCUT2D eigenvalue weighted by molar-refractivity contribution is -0.142. The minimum atomic E-state index is -1.22. The lowest BCUT2D eigenvalue weighted by atomic mass is 9.97. The van der Waals surface area contributed by atoms with Crippen LogP contribution in [0, 0.1) is 11.3 Å². The number of alkyl carbamates (subject to hydrolysis) is 1. The van der Waals surface area contributed by atoms with Gasteiger partial charge in [0.1, 0.15) is 17.1 Å². The molecule has 0 fully saturated rings. The van der Waals surface area contributed by atoms with Gasteiger partial charge in [-0.15, -0.1) is 0 Å². The largest absolute Gasteiger partial charge is 0.507 e. The van der Waals surface area contributed by atoms with E-state index < -0.39 is 23.3 Å². The minimum Gasteiger partial charge on any atom is -0.507 e. The van der Waals surface area contributed by atoms with Crippen LogP contribution in [0.15, 0.2) is 59.9 Å². The summed E-state index contributed by atoms with van der Waals surface area (Å²) in [6.45, 7) is 11.2. The molecule has 0 aliphatic heterocycles. The first-order valence-corrected chi connectivity index (χ1v) is 12.4. The Morgan fingerprint density at radius 2 is 1.89 bits per heavy atom. The van der Waals surface area contributed by atoms with Crippen LogP contribution < -0.4 is 10.1 Å². The maximum absolute atomic E-state index is 12.2. The average Bonchev–Trinajstić information content (AvgIpc) is 3.07. The molecule has 1 atom stereocenters. The quantitative estimate of drug-likeness (QED) is 0.427. The number of nitrogens with zero attached hydrogens (tertiary/aromatic N) is 1. The predicted octanol–water partition coefficient (Wildman–Crippen LogP) is 5.76. The van der Waals surface area contributed by atoms with Crippen LogP contribution >= 0.6 is 0 Å². The molecule has 8 heteroatoms. The molecule has 0 saturated carbocycles. The van der Waals surface area contributed by atoms with Crippen LogP contribution in [0.1, 0.15) is 63.8 Å². The molecule has 1 aliphatic carbocycles. The SMILES string of the molecule is CCOC(=O)Cc1ccc(C#N)cc1OC1(C)C(C)=CC(c2cccc(CNC(=O)OC(C)(C)C)c2)=C1O. The monoisotopic (exact) mass is 518 g/mol. The molecule has 3 rings (SSSR count). The highest BCUT2D eigenvalue weighted by Crippen LogP contribution is 2.42. The van der Waals surface area contributed by atoms with Crippen LogP contribution in [0.25, 0.3) is 5.57 Å². The summed E-state index contributed by atoms with van der Waals surface area (Å²) < 4.78 is 16.7.